The summed E-state index contributed by atoms with van der Waals surface area (Å²) in [5.41, 5.74) is 3.28. The second kappa shape index (κ2) is 5.90. The van der Waals surface area contributed by atoms with E-state index in [0.717, 1.165) is 22.4 Å². The van der Waals surface area contributed by atoms with Crippen LogP contribution in [0.25, 0.3) is 0 Å². The summed E-state index contributed by atoms with van der Waals surface area (Å²) >= 11 is 0. The van der Waals surface area contributed by atoms with Gasteiger partial charge in [0.15, 0.2) is 6.07 Å². The molecule has 0 radical (unpaired) electrons. The maximum atomic E-state index is 10.7. The van der Waals surface area contributed by atoms with Crippen molar-refractivity contribution in [2.24, 2.45) is 0 Å². The molecule has 0 aliphatic carbocycles. The van der Waals surface area contributed by atoms with E-state index in [4.69, 9.17) is 10.00 Å². The fraction of sp³-hybridized carbons (Fsp3) is 0.385. The molecule has 0 fully saturated rings. The summed E-state index contributed by atoms with van der Waals surface area (Å²) < 4.78 is 5.28. The number of nitrogens with one attached hydrogen (secondary N) is 1. The highest BCUT2D eigenvalue weighted by Crippen LogP contribution is 2.24. The van der Waals surface area contributed by atoms with Gasteiger partial charge in [0.2, 0.25) is 0 Å². The van der Waals surface area contributed by atoms with Gasteiger partial charge >= 0.3 is 5.91 Å². The van der Waals surface area contributed by atoms with Crippen LogP contribution in [-0.4, -0.2) is 19.6 Å². The zero-order valence-electron chi connectivity index (χ0n) is 10.3. The van der Waals surface area contributed by atoms with E-state index in [9.17, 15) is 4.79 Å². The molecule has 90 valence electrons. The van der Waals surface area contributed by atoms with E-state index in [-0.39, 0.29) is 0 Å². The summed E-state index contributed by atoms with van der Waals surface area (Å²) in [7, 11) is 1.65. The molecular weight excluding hydrogens is 216 g/mol. The van der Waals surface area contributed by atoms with Crippen LogP contribution in [-0.2, 0) is 11.2 Å². The number of hydrogen-bond acceptors (Lipinski definition) is 3. The Morgan fingerprint density at radius 3 is 2.47 bits per heavy atom. The molecule has 0 aromatic heterocycles. The molecule has 0 spiro atoms. The molecule has 0 heterocycles. The fourth-order valence-electron chi connectivity index (χ4n) is 1.87. The maximum Gasteiger partial charge on any atom is 0.322 e. The summed E-state index contributed by atoms with van der Waals surface area (Å²) in [6, 6.07) is 5.59. The summed E-state index contributed by atoms with van der Waals surface area (Å²) in [5, 5.41) is 10.8. The molecule has 0 bridgehead atoms. The molecule has 4 heteroatoms. The SMILES string of the molecule is COc1c(C)cc(CCNC(=O)C#N)cc1C. The minimum absolute atomic E-state index is 0.470. The van der Waals surface area contributed by atoms with E-state index < -0.39 is 5.91 Å². The van der Waals surface area contributed by atoms with Gasteiger partial charge < -0.3 is 10.1 Å². The van der Waals surface area contributed by atoms with Crippen molar-refractivity contribution < 1.29 is 9.53 Å². The number of benzene rings is 1. The van der Waals surface area contributed by atoms with Crippen LogP contribution < -0.4 is 10.1 Å². The number of aryl methyl sites for hydroxylation is 2. The highest BCUT2D eigenvalue weighted by Gasteiger charge is 2.05. The Morgan fingerprint density at radius 1 is 1.41 bits per heavy atom. The van der Waals surface area contributed by atoms with E-state index in [1.54, 1.807) is 7.11 Å². The summed E-state index contributed by atoms with van der Waals surface area (Å²) in [4.78, 5) is 10.7. The number of carbonyl (C=O) groups is 1. The normalized spacial score (nSPS) is 9.53. The zero-order valence-corrected chi connectivity index (χ0v) is 10.3. The van der Waals surface area contributed by atoms with Gasteiger partial charge in [0, 0.05) is 6.54 Å². The number of rotatable bonds is 4. The highest BCUT2D eigenvalue weighted by atomic mass is 16.5. The monoisotopic (exact) mass is 232 g/mol. The number of nitriles is 1. The average Bonchev–Trinajstić information content (AvgIpc) is 2.28. The molecule has 0 unspecified atom stereocenters. The molecule has 1 rings (SSSR count). The molecule has 17 heavy (non-hydrogen) atoms. The first-order valence-electron chi connectivity index (χ1n) is 5.40. The molecule has 0 saturated heterocycles. The van der Waals surface area contributed by atoms with Crippen molar-refractivity contribution in [1.29, 1.82) is 5.26 Å². The molecule has 1 amide bonds. The summed E-state index contributed by atoms with van der Waals surface area (Å²) in [6.07, 6.45) is 0.707. The van der Waals surface area contributed by atoms with Crippen molar-refractivity contribution in [1.82, 2.24) is 5.32 Å². The largest absolute Gasteiger partial charge is 0.496 e. The van der Waals surface area contributed by atoms with Gasteiger partial charge in [-0.15, -0.1) is 0 Å². The topological polar surface area (TPSA) is 62.1 Å². The average molecular weight is 232 g/mol. The van der Waals surface area contributed by atoms with E-state index in [1.807, 2.05) is 26.0 Å². The first-order valence-corrected chi connectivity index (χ1v) is 5.40. The van der Waals surface area contributed by atoms with Gasteiger partial charge in [-0.2, -0.15) is 5.26 Å². The molecular formula is C13H16N2O2. The Balaban J connectivity index is 2.68. The van der Waals surface area contributed by atoms with Gasteiger partial charge in [-0.3, -0.25) is 4.79 Å². The fourth-order valence-corrected chi connectivity index (χ4v) is 1.87. The van der Waals surface area contributed by atoms with E-state index in [2.05, 4.69) is 5.32 Å². The Kier molecular flexibility index (Phi) is 4.53. The third-order valence-electron chi connectivity index (χ3n) is 2.53. The quantitative estimate of drug-likeness (QED) is 0.800. The molecule has 0 aliphatic rings. The first kappa shape index (κ1) is 13.0. The highest BCUT2D eigenvalue weighted by molar-refractivity contribution is 5.91. The van der Waals surface area contributed by atoms with Crippen molar-refractivity contribution in [3.63, 3.8) is 0 Å². The van der Waals surface area contributed by atoms with E-state index >= 15 is 0 Å². The predicted octanol–water partition coefficient (Wildman–Crippen LogP) is 1.49. The number of ether oxygens (including phenoxy) is 1. The van der Waals surface area contributed by atoms with Gasteiger partial charge in [-0.25, -0.2) is 0 Å². The number of amides is 1. The number of methoxy groups -OCH3 is 1. The summed E-state index contributed by atoms with van der Waals surface area (Å²) in [6.45, 7) is 4.45. The third kappa shape index (κ3) is 3.49. The number of carbonyl (C=O) groups excluding carboxylic acids is 1. The van der Waals surface area contributed by atoms with Crippen LogP contribution in [0.1, 0.15) is 16.7 Å². The molecule has 4 nitrogen and oxygen atoms in total. The van der Waals surface area contributed by atoms with Gasteiger partial charge in [-0.05, 0) is 37.0 Å². The van der Waals surface area contributed by atoms with Crippen molar-refractivity contribution in [2.75, 3.05) is 13.7 Å². The van der Waals surface area contributed by atoms with Crippen LogP contribution in [0, 0.1) is 25.2 Å². The van der Waals surface area contributed by atoms with E-state index in [1.165, 1.54) is 6.07 Å². The van der Waals surface area contributed by atoms with Crippen LogP contribution in [0.5, 0.6) is 5.75 Å². The Morgan fingerprint density at radius 2 is 2.00 bits per heavy atom. The molecule has 1 aromatic carbocycles. The van der Waals surface area contributed by atoms with Crippen LogP contribution in [0.4, 0.5) is 0 Å². The molecule has 0 atom stereocenters. The molecule has 1 N–H and O–H groups in total. The Hall–Kier alpha value is -2.02. The van der Waals surface area contributed by atoms with Crippen molar-refractivity contribution in [2.45, 2.75) is 20.3 Å². The van der Waals surface area contributed by atoms with Gasteiger partial charge in [0.1, 0.15) is 5.75 Å². The summed E-state index contributed by atoms with van der Waals surface area (Å²) in [5.74, 6) is 0.307. The maximum absolute atomic E-state index is 10.7. The molecule has 1 aromatic rings. The number of hydrogen-bond donors (Lipinski definition) is 1. The lowest BCUT2D eigenvalue weighted by atomic mass is 10.0. The number of nitrogens with zero attached hydrogens (tertiary/aromatic N) is 1. The lowest BCUT2D eigenvalue weighted by molar-refractivity contribution is -0.115. The van der Waals surface area contributed by atoms with E-state index in [0.29, 0.717) is 13.0 Å². The predicted molar refractivity (Wildman–Crippen MR) is 64.8 cm³/mol. The smallest absolute Gasteiger partial charge is 0.322 e. The standard InChI is InChI=1S/C13H16N2O2/c1-9-6-11(4-5-15-12(16)8-14)7-10(2)13(9)17-3/h6-7H,4-5H2,1-3H3,(H,15,16). The van der Waals surface area contributed by atoms with Gasteiger partial charge in [-0.1, -0.05) is 12.1 Å². The second-order valence-corrected chi connectivity index (χ2v) is 3.88. The van der Waals surface area contributed by atoms with Crippen LogP contribution >= 0.6 is 0 Å². The van der Waals surface area contributed by atoms with Crippen LogP contribution in [0.15, 0.2) is 12.1 Å². The van der Waals surface area contributed by atoms with Gasteiger partial charge in [0.05, 0.1) is 7.11 Å². The minimum atomic E-state index is -0.591. The molecule has 0 aliphatic heterocycles. The lowest BCUT2D eigenvalue weighted by Gasteiger charge is -2.11. The zero-order chi connectivity index (χ0) is 12.8. The Labute approximate surface area is 101 Å². The Bertz CT molecular complexity index is 438. The van der Waals surface area contributed by atoms with Crippen LogP contribution in [0.3, 0.4) is 0 Å². The van der Waals surface area contributed by atoms with Crippen LogP contribution in [0.2, 0.25) is 0 Å². The first-order chi connectivity index (χ1) is 8.08. The lowest BCUT2D eigenvalue weighted by Crippen LogP contribution is -2.23. The van der Waals surface area contributed by atoms with Gasteiger partial charge in [0.25, 0.3) is 0 Å². The van der Waals surface area contributed by atoms with Crippen molar-refractivity contribution >= 4 is 5.91 Å². The minimum Gasteiger partial charge on any atom is -0.496 e. The third-order valence-corrected chi connectivity index (χ3v) is 2.53. The van der Waals surface area contributed by atoms with Crippen molar-refractivity contribution in [3.05, 3.63) is 28.8 Å². The second-order valence-electron chi connectivity index (χ2n) is 3.88. The molecule has 0 saturated carbocycles. The van der Waals surface area contributed by atoms with Crippen molar-refractivity contribution in [3.8, 4) is 11.8 Å².